The van der Waals surface area contributed by atoms with E-state index in [1.807, 2.05) is 11.8 Å². The normalized spacial score (nSPS) is 24.0. The van der Waals surface area contributed by atoms with Crippen LogP contribution in [-0.4, -0.2) is 35.8 Å². The van der Waals surface area contributed by atoms with E-state index in [-0.39, 0.29) is 0 Å². The van der Waals surface area contributed by atoms with E-state index in [9.17, 15) is 0 Å². The first-order chi connectivity index (χ1) is 6.86. The molecule has 2 N–H and O–H groups in total. The number of rotatable bonds is 7. The first-order valence-corrected chi connectivity index (χ1v) is 6.94. The molecule has 1 aliphatic heterocycles. The van der Waals surface area contributed by atoms with Crippen LogP contribution < -0.4 is 5.32 Å². The molecule has 3 heteroatoms. The lowest BCUT2D eigenvalue weighted by Crippen LogP contribution is -2.33. The van der Waals surface area contributed by atoms with Gasteiger partial charge in [-0.05, 0) is 37.5 Å². The van der Waals surface area contributed by atoms with Crippen molar-refractivity contribution < 1.29 is 5.11 Å². The second kappa shape index (κ2) is 7.55. The number of thioether (sulfide) groups is 1. The van der Waals surface area contributed by atoms with Crippen LogP contribution in [0.1, 0.15) is 32.6 Å². The molecular weight excluding hydrogens is 194 g/mol. The second-order valence-electron chi connectivity index (χ2n) is 4.14. The Kier molecular flexibility index (Phi) is 6.65. The number of aliphatic hydroxyl groups is 1. The van der Waals surface area contributed by atoms with Crippen LogP contribution in [0, 0.1) is 5.92 Å². The van der Waals surface area contributed by atoms with Gasteiger partial charge >= 0.3 is 0 Å². The average molecular weight is 217 g/mol. The van der Waals surface area contributed by atoms with Crippen molar-refractivity contribution in [3.63, 3.8) is 0 Å². The van der Waals surface area contributed by atoms with Crippen LogP contribution in [-0.2, 0) is 0 Å². The number of aliphatic hydroxyl groups excluding tert-OH is 1. The van der Waals surface area contributed by atoms with Crippen molar-refractivity contribution >= 4 is 11.8 Å². The Morgan fingerprint density at radius 1 is 1.50 bits per heavy atom. The van der Waals surface area contributed by atoms with Crippen molar-refractivity contribution in [3.8, 4) is 0 Å². The Morgan fingerprint density at radius 3 is 2.93 bits per heavy atom. The molecule has 0 amide bonds. The molecule has 0 aromatic rings. The Bertz CT molecular complexity index is 131. The van der Waals surface area contributed by atoms with Gasteiger partial charge in [0.25, 0.3) is 0 Å². The molecule has 1 fully saturated rings. The van der Waals surface area contributed by atoms with Gasteiger partial charge in [0.05, 0.1) is 0 Å². The largest absolute Gasteiger partial charge is 0.396 e. The van der Waals surface area contributed by atoms with Gasteiger partial charge in [0.1, 0.15) is 0 Å². The molecular formula is C11H23NOS. The zero-order valence-electron chi connectivity index (χ0n) is 9.17. The minimum absolute atomic E-state index is 0.339. The molecule has 14 heavy (non-hydrogen) atoms. The van der Waals surface area contributed by atoms with E-state index in [1.165, 1.54) is 30.8 Å². The maximum Gasteiger partial charge on any atom is 0.0434 e. The Labute approximate surface area is 91.9 Å². The SMILES string of the molecule is CCCC(CCO)CNC1CCSC1. The van der Waals surface area contributed by atoms with Crippen LogP contribution in [0.5, 0.6) is 0 Å². The van der Waals surface area contributed by atoms with E-state index in [1.54, 1.807) is 0 Å². The predicted molar refractivity (Wildman–Crippen MR) is 63.8 cm³/mol. The third-order valence-corrected chi connectivity index (χ3v) is 4.02. The zero-order chi connectivity index (χ0) is 10.2. The van der Waals surface area contributed by atoms with Crippen molar-refractivity contribution in [1.82, 2.24) is 5.32 Å². The second-order valence-corrected chi connectivity index (χ2v) is 5.29. The third kappa shape index (κ3) is 4.67. The highest BCUT2D eigenvalue weighted by Gasteiger charge is 2.16. The van der Waals surface area contributed by atoms with Crippen LogP contribution in [0.15, 0.2) is 0 Å². The summed E-state index contributed by atoms with van der Waals surface area (Å²) in [4.78, 5) is 0. The van der Waals surface area contributed by atoms with Gasteiger partial charge in [0.15, 0.2) is 0 Å². The number of hydrogen-bond donors (Lipinski definition) is 2. The van der Waals surface area contributed by atoms with E-state index >= 15 is 0 Å². The molecule has 2 atom stereocenters. The smallest absolute Gasteiger partial charge is 0.0434 e. The molecule has 0 aromatic heterocycles. The molecule has 0 aliphatic carbocycles. The minimum Gasteiger partial charge on any atom is -0.396 e. The molecule has 0 saturated carbocycles. The summed E-state index contributed by atoms with van der Waals surface area (Å²) in [6.45, 7) is 3.65. The van der Waals surface area contributed by atoms with E-state index in [0.717, 1.165) is 19.0 Å². The van der Waals surface area contributed by atoms with Crippen LogP contribution in [0.2, 0.25) is 0 Å². The highest BCUT2D eigenvalue weighted by molar-refractivity contribution is 7.99. The third-order valence-electron chi connectivity index (χ3n) is 2.86. The topological polar surface area (TPSA) is 32.3 Å². The van der Waals surface area contributed by atoms with Gasteiger partial charge in [-0.25, -0.2) is 0 Å². The predicted octanol–water partition coefficient (Wildman–Crippen LogP) is 1.88. The molecule has 1 saturated heterocycles. The van der Waals surface area contributed by atoms with Crippen LogP contribution in [0.25, 0.3) is 0 Å². The maximum absolute atomic E-state index is 8.92. The van der Waals surface area contributed by atoms with Crippen LogP contribution in [0.3, 0.4) is 0 Å². The fourth-order valence-electron chi connectivity index (χ4n) is 1.97. The van der Waals surface area contributed by atoms with Gasteiger partial charge in [-0.1, -0.05) is 13.3 Å². The number of hydrogen-bond acceptors (Lipinski definition) is 3. The van der Waals surface area contributed by atoms with Crippen LogP contribution in [0.4, 0.5) is 0 Å². The maximum atomic E-state index is 8.92. The highest BCUT2D eigenvalue weighted by atomic mass is 32.2. The molecule has 1 heterocycles. The van der Waals surface area contributed by atoms with Gasteiger partial charge in [0.2, 0.25) is 0 Å². The van der Waals surface area contributed by atoms with E-state index in [4.69, 9.17) is 5.11 Å². The van der Waals surface area contributed by atoms with Crippen LogP contribution >= 0.6 is 11.8 Å². The van der Waals surface area contributed by atoms with Gasteiger partial charge in [-0.2, -0.15) is 11.8 Å². The lowest BCUT2D eigenvalue weighted by Gasteiger charge is -2.18. The van der Waals surface area contributed by atoms with Crippen molar-refractivity contribution in [1.29, 1.82) is 0 Å². The molecule has 2 unspecified atom stereocenters. The van der Waals surface area contributed by atoms with E-state index in [0.29, 0.717) is 12.5 Å². The quantitative estimate of drug-likeness (QED) is 0.683. The van der Waals surface area contributed by atoms with E-state index < -0.39 is 0 Å². The highest BCUT2D eigenvalue weighted by Crippen LogP contribution is 2.18. The molecule has 1 aliphatic rings. The summed E-state index contributed by atoms with van der Waals surface area (Å²) in [5.74, 6) is 3.27. The minimum atomic E-state index is 0.339. The summed E-state index contributed by atoms with van der Waals surface area (Å²) < 4.78 is 0. The first-order valence-electron chi connectivity index (χ1n) is 5.78. The Morgan fingerprint density at radius 2 is 2.36 bits per heavy atom. The first kappa shape index (κ1) is 12.3. The molecule has 0 aromatic carbocycles. The standard InChI is InChI=1S/C11H23NOS/c1-2-3-10(4-6-13)8-12-11-5-7-14-9-11/h10-13H,2-9H2,1H3. The van der Waals surface area contributed by atoms with Crippen molar-refractivity contribution in [3.05, 3.63) is 0 Å². The summed E-state index contributed by atoms with van der Waals surface area (Å²) in [5.41, 5.74) is 0. The number of nitrogens with one attached hydrogen (secondary N) is 1. The zero-order valence-corrected chi connectivity index (χ0v) is 9.98. The Hall–Kier alpha value is 0.270. The summed E-state index contributed by atoms with van der Waals surface area (Å²) in [6, 6.07) is 0.734. The van der Waals surface area contributed by atoms with Gasteiger partial charge in [-0.15, -0.1) is 0 Å². The van der Waals surface area contributed by atoms with Gasteiger partial charge in [0, 0.05) is 18.4 Å². The summed E-state index contributed by atoms with van der Waals surface area (Å²) in [7, 11) is 0. The molecule has 2 nitrogen and oxygen atoms in total. The lowest BCUT2D eigenvalue weighted by molar-refractivity contribution is 0.246. The van der Waals surface area contributed by atoms with Gasteiger partial charge < -0.3 is 10.4 Å². The Balaban J connectivity index is 2.10. The van der Waals surface area contributed by atoms with E-state index in [2.05, 4.69) is 12.2 Å². The average Bonchev–Trinajstić information content (AvgIpc) is 2.67. The molecule has 0 spiro atoms. The summed E-state index contributed by atoms with van der Waals surface area (Å²) in [6.07, 6.45) is 4.75. The molecule has 84 valence electrons. The lowest BCUT2D eigenvalue weighted by atomic mass is 10.00. The van der Waals surface area contributed by atoms with Crippen molar-refractivity contribution in [2.75, 3.05) is 24.7 Å². The fraction of sp³-hybridized carbons (Fsp3) is 1.00. The fourth-order valence-corrected chi connectivity index (χ4v) is 3.16. The molecule has 0 bridgehead atoms. The van der Waals surface area contributed by atoms with Crippen molar-refractivity contribution in [2.24, 2.45) is 5.92 Å². The monoisotopic (exact) mass is 217 g/mol. The van der Waals surface area contributed by atoms with Crippen molar-refractivity contribution in [2.45, 2.75) is 38.6 Å². The molecule has 1 rings (SSSR count). The summed E-state index contributed by atoms with van der Waals surface area (Å²) >= 11 is 2.05. The van der Waals surface area contributed by atoms with Gasteiger partial charge in [-0.3, -0.25) is 0 Å². The molecule has 0 radical (unpaired) electrons. The summed E-state index contributed by atoms with van der Waals surface area (Å²) in [5, 5.41) is 12.5.